The third-order valence-electron chi connectivity index (χ3n) is 4.94. The molecule has 1 aromatic heterocycles. The lowest BCUT2D eigenvalue weighted by molar-refractivity contribution is -0.142. The molecule has 2 aromatic rings. The monoisotopic (exact) mass is 444 g/mol. The Bertz CT molecular complexity index is 880. The van der Waals surface area contributed by atoms with Gasteiger partial charge in [-0.2, -0.15) is 0 Å². The maximum Gasteiger partial charge on any atom is 0.242 e. The van der Waals surface area contributed by atoms with E-state index in [0.29, 0.717) is 37.7 Å². The molecule has 0 bridgehead atoms. The van der Waals surface area contributed by atoms with E-state index < -0.39 is 0 Å². The normalized spacial score (nSPS) is 12.5. The number of amides is 2. The van der Waals surface area contributed by atoms with E-state index in [1.807, 2.05) is 54.5 Å². The molecule has 2 amide bonds. The third-order valence-corrected chi connectivity index (χ3v) is 5.80. The number of hydrogen-bond acceptors (Lipinski definition) is 5. The van der Waals surface area contributed by atoms with Gasteiger partial charge in [0.15, 0.2) is 11.5 Å². The van der Waals surface area contributed by atoms with Crippen LogP contribution in [0.3, 0.4) is 0 Å². The molecule has 7 heteroatoms. The number of thiophene rings is 1. The smallest absolute Gasteiger partial charge is 0.242 e. The highest BCUT2D eigenvalue weighted by molar-refractivity contribution is 7.09. The van der Waals surface area contributed by atoms with Crippen molar-refractivity contribution in [2.75, 3.05) is 19.9 Å². The lowest BCUT2D eigenvalue weighted by Gasteiger charge is -2.29. The van der Waals surface area contributed by atoms with Crippen molar-refractivity contribution in [1.82, 2.24) is 9.80 Å². The third kappa shape index (κ3) is 6.72. The Labute approximate surface area is 188 Å². The summed E-state index contributed by atoms with van der Waals surface area (Å²) in [6, 6.07) is 9.77. The molecule has 0 atom stereocenters. The van der Waals surface area contributed by atoms with Gasteiger partial charge >= 0.3 is 0 Å². The molecule has 31 heavy (non-hydrogen) atoms. The molecule has 0 N–H and O–H groups in total. The number of benzene rings is 1. The molecular formula is C24H32N2O4S. The summed E-state index contributed by atoms with van der Waals surface area (Å²) in [7, 11) is 0. The molecule has 2 heterocycles. The Morgan fingerprint density at radius 2 is 1.74 bits per heavy atom. The lowest BCUT2D eigenvalue weighted by Crippen LogP contribution is -2.44. The van der Waals surface area contributed by atoms with Crippen molar-refractivity contribution in [2.24, 2.45) is 11.8 Å². The van der Waals surface area contributed by atoms with Gasteiger partial charge in [-0.3, -0.25) is 9.59 Å². The standard InChI is InChI=1S/C24H32N2O4S/c1-17(2)10-23(27)25(12-18(3)4)15-24(28)26(14-20-6-5-9-31-20)13-19-7-8-21-22(11-19)30-16-29-21/h5-9,11,17-18H,10,12-16H2,1-4H3. The van der Waals surface area contributed by atoms with E-state index in [2.05, 4.69) is 13.8 Å². The van der Waals surface area contributed by atoms with Crippen molar-refractivity contribution in [1.29, 1.82) is 0 Å². The van der Waals surface area contributed by atoms with E-state index in [1.54, 1.807) is 16.2 Å². The quantitative estimate of drug-likeness (QED) is 0.540. The molecule has 6 nitrogen and oxygen atoms in total. The van der Waals surface area contributed by atoms with Crippen LogP contribution in [0.5, 0.6) is 11.5 Å². The summed E-state index contributed by atoms with van der Waals surface area (Å²) in [5.41, 5.74) is 0.970. The maximum atomic E-state index is 13.4. The Kier molecular flexibility index (Phi) is 7.96. The van der Waals surface area contributed by atoms with Crippen molar-refractivity contribution in [2.45, 2.75) is 47.2 Å². The van der Waals surface area contributed by atoms with Gasteiger partial charge in [-0.05, 0) is 41.0 Å². The first-order valence-corrected chi connectivity index (χ1v) is 11.7. The van der Waals surface area contributed by atoms with Crippen LogP contribution in [-0.2, 0) is 22.7 Å². The van der Waals surface area contributed by atoms with E-state index >= 15 is 0 Å². The topological polar surface area (TPSA) is 59.1 Å². The summed E-state index contributed by atoms with van der Waals surface area (Å²) in [6.45, 7) is 10.0. The second kappa shape index (κ2) is 10.7. The molecule has 0 unspecified atom stereocenters. The van der Waals surface area contributed by atoms with Gasteiger partial charge in [-0.25, -0.2) is 0 Å². The molecule has 3 rings (SSSR count). The van der Waals surface area contributed by atoms with E-state index in [-0.39, 0.29) is 31.1 Å². The summed E-state index contributed by atoms with van der Waals surface area (Å²) >= 11 is 1.62. The van der Waals surface area contributed by atoms with Gasteiger partial charge in [0.05, 0.1) is 13.1 Å². The zero-order valence-corrected chi connectivity index (χ0v) is 19.6. The van der Waals surface area contributed by atoms with Crippen LogP contribution in [0.4, 0.5) is 0 Å². The van der Waals surface area contributed by atoms with Gasteiger partial charge < -0.3 is 19.3 Å². The van der Waals surface area contributed by atoms with Crippen LogP contribution in [0.2, 0.25) is 0 Å². The van der Waals surface area contributed by atoms with Gasteiger partial charge in [-0.15, -0.1) is 11.3 Å². The Balaban J connectivity index is 1.76. The fourth-order valence-electron chi connectivity index (χ4n) is 3.52. The Hall–Kier alpha value is -2.54. The molecule has 168 valence electrons. The molecule has 0 radical (unpaired) electrons. The summed E-state index contributed by atoms with van der Waals surface area (Å²) in [5, 5.41) is 2.01. The zero-order valence-electron chi connectivity index (χ0n) is 18.8. The molecule has 0 aliphatic carbocycles. The van der Waals surface area contributed by atoms with Crippen LogP contribution in [0.15, 0.2) is 35.7 Å². The highest BCUT2D eigenvalue weighted by Crippen LogP contribution is 2.33. The second-order valence-corrected chi connectivity index (χ2v) is 9.82. The number of carbonyl (C=O) groups is 2. The number of ether oxygens (including phenoxy) is 2. The number of fused-ring (bicyclic) bond motifs is 1. The minimum atomic E-state index is -0.0520. The predicted molar refractivity (Wildman–Crippen MR) is 122 cm³/mol. The SMILES string of the molecule is CC(C)CC(=O)N(CC(=O)N(Cc1ccc2c(c1)OCO2)Cc1cccs1)CC(C)C. The molecule has 0 saturated heterocycles. The van der Waals surface area contributed by atoms with Crippen molar-refractivity contribution >= 4 is 23.2 Å². The van der Waals surface area contributed by atoms with E-state index in [0.717, 1.165) is 16.2 Å². The Morgan fingerprint density at radius 3 is 2.42 bits per heavy atom. The fraction of sp³-hybridized carbons (Fsp3) is 0.500. The van der Waals surface area contributed by atoms with Crippen LogP contribution in [-0.4, -0.2) is 41.5 Å². The van der Waals surface area contributed by atoms with E-state index in [9.17, 15) is 9.59 Å². The van der Waals surface area contributed by atoms with Crippen LogP contribution in [0, 0.1) is 11.8 Å². The number of rotatable bonds is 10. The van der Waals surface area contributed by atoms with Crippen molar-refractivity contribution in [3.63, 3.8) is 0 Å². The van der Waals surface area contributed by atoms with Crippen LogP contribution in [0.1, 0.15) is 44.6 Å². The molecule has 0 saturated carbocycles. The average molecular weight is 445 g/mol. The van der Waals surface area contributed by atoms with Crippen LogP contribution in [0.25, 0.3) is 0 Å². The van der Waals surface area contributed by atoms with Crippen LogP contribution < -0.4 is 9.47 Å². The highest BCUT2D eigenvalue weighted by atomic mass is 32.1. The largest absolute Gasteiger partial charge is 0.454 e. The van der Waals surface area contributed by atoms with Gasteiger partial charge in [0.25, 0.3) is 0 Å². The summed E-state index contributed by atoms with van der Waals surface area (Å²) in [5.74, 6) is 1.97. The Morgan fingerprint density at radius 1 is 0.968 bits per heavy atom. The lowest BCUT2D eigenvalue weighted by atomic mass is 10.1. The first kappa shape index (κ1) is 23.1. The van der Waals surface area contributed by atoms with Gasteiger partial charge in [0.2, 0.25) is 18.6 Å². The van der Waals surface area contributed by atoms with Gasteiger partial charge in [0.1, 0.15) is 0 Å². The van der Waals surface area contributed by atoms with E-state index in [1.165, 1.54) is 0 Å². The van der Waals surface area contributed by atoms with Gasteiger partial charge in [-0.1, -0.05) is 39.8 Å². The molecule has 0 fully saturated rings. The first-order chi connectivity index (χ1) is 14.8. The number of carbonyl (C=O) groups excluding carboxylic acids is 2. The number of nitrogens with zero attached hydrogens (tertiary/aromatic N) is 2. The number of hydrogen-bond donors (Lipinski definition) is 0. The van der Waals surface area contributed by atoms with Crippen molar-refractivity contribution in [3.8, 4) is 11.5 Å². The zero-order chi connectivity index (χ0) is 22.4. The van der Waals surface area contributed by atoms with E-state index in [4.69, 9.17) is 9.47 Å². The molecule has 1 aliphatic rings. The predicted octanol–water partition coefficient (Wildman–Crippen LogP) is 4.54. The first-order valence-electron chi connectivity index (χ1n) is 10.8. The summed E-state index contributed by atoms with van der Waals surface area (Å²) in [4.78, 5) is 30.8. The minimum Gasteiger partial charge on any atom is -0.454 e. The fourth-order valence-corrected chi connectivity index (χ4v) is 4.24. The summed E-state index contributed by atoms with van der Waals surface area (Å²) < 4.78 is 10.9. The highest BCUT2D eigenvalue weighted by Gasteiger charge is 2.24. The van der Waals surface area contributed by atoms with Crippen LogP contribution >= 0.6 is 11.3 Å². The minimum absolute atomic E-state index is 0.0382. The van der Waals surface area contributed by atoms with Crippen molar-refractivity contribution in [3.05, 3.63) is 46.2 Å². The van der Waals surface area contributed by atoms with Crippen molar-refractivity contribution < 1.29 is 19.1 Å². The molecule has 0 spiro atoms. The average Bonchev–Trinajstić information content (AvgIpc) is 3.37. The maximum absolute atomic E-state index is 13.4. The van der Waals surface area contributed by atoms with Gasteiger partial charge in [0, 0.05) is 24.4 Å². The molecule has 1 aliphatic heterocycles. The molecule has 1 aromatic carbocycles. The summed E-state index contributed by atoms with van der Waals surface area (Å²) in [6.07, 6.45) is 0.451. The second-order valence-electron chi connectivity index (χ2n) is 8.78. The molecular weight excluding hydrogens is 412 g/mol.